The monoisotopic (exact) mass is 434 g/mol. The Hall–Kier alpha value is -4.12. The molecule has 0 fully saturated rings. The molecule has 3 aromatic carbocycles. The number of allylic oxidation sites excluding steroid dienone is 1. The van der Waals surface area contributed by atoms with Gasteiger partial charge in [0, 0.05) is 23.3 Å². The van der Waals surface area contributed by atoms with Gasteiger partial charge in [-0.25, -0.2) is 0 Å². The number of benzene rings is 3. The van der Waals surface area contributed by atoms with Gasteiger partial charge in [0.15, 0.2) is 5.78 Å². The molecule has 0 bridgehead atoms. The van der Waals surface area contributed by atoms with Crippen molar-refractivity contribution in [2.45, 2.75) is 25.3 Å². The third kappa shape index (κ3) is 3.16. The zero-order valence-corrected chi connectivity index (χ0v) is 18.0. The molecule has 0 saturated heterocycles. The van der Waals surface area contributed by atoms with Crippen LogP contribution in [0.4, 0.5) is 11.4 Å². The van der Waals surface area contributed by atoms with Crippen LogP contribution in [0.15, 0.2) is 101 Å². The normalized spacial score (nSPS) is 17.9. The molecule has 0 radical (unpaired) electrons. The number of nitrogens with one attached hydrogen (secondary N) is 1. The number of furan rings is 1. The predicted octanol–water partition coefficient (Wildman–Crippen LogP) is 6.25. The van der Waals surface area contributed by atoms with Gasteiger partial charge in [-0.3, -0.25) is 14.5 Å². The minimum Gasteiger partial charge on any atom is -0.467 e. The van der Waals surface area contributed by atoms with E-state index in [1.54, 1.807) is 17.2 Å². The fraction of sp³-hybridized carbons (Fsp3) is 0.143. The number of carbonyl (C=O) groups is 2. The second-order valence-electron chi connectivity index (χ2n) is 8.43. The van der Waals surface area contributed by atoms with Crippen LogP contribution in [-0.4, -0.2) is 11.7 Å². The minimum atomic E-state index is -0.648. The van der Waals surface area contributed by atoms with Crippen LogP contribution in [-0.2, 0) is 4.79 Å². The van der Waals surface area contributed by atoms with Gasteiger partial charge in [0.2, 0.25) is 0 Å². The number of hydrogen-bond donors (Lipinski definition) is 1. The molecule has 2 heterocycles. The zero-order valence-electron chi connectivity index (χ0n) is 18.0. The summed E-state index contributed by atoms with van der Waals surface area (Å²) in [5, 5.41) is 5.35. The van der Waals surface area contributed by atoms with Gasteiger partial charge in [0.1, 0.15) is 11.8 Å². The van der Waals surface area contributed by atoms with E-state index in [9.17, 15) is 9.59 Å². The lowest BCUT2D eigenvalue weighted by molar-refractivity contribution is -0.116. The number of ketones is 1. The number of hydrogen-bond acceptors (Lipinski definition) is 4. The molecule has 0 saturated carbocycles. The van der Waals surface area contributed by atoms with Crippen molar-refractivity contribution in [3.05, 3.63) is 108 Å². The molecule has 5 heteroatoms. The van der Waals surface area contributed by atoms with Crippen LogP contribution >= 0.6 is 0 Å². The molecule has 4 aromatic rings. The van der Waals surface area contributed by atoms with Crippen molar-refractivity contribution in [1.29, 1.82) is 0 Å². The molecule has 1 unspecified atom stereocenters. The van der Waals surface area contributed by atoms with E-state index < -0.39 is 6.04 Å². The molecule has 1 aliphatic heterocycles. The number of Topliss-reactive ketones (excluding diaryl/α,β-unsaturated/α-hetero) is 1. The highest BCUT2D eigenvalue weighted by Crippen LogP contribution is 2.45. The number of nitrogens with zero attached hydrogens (tertiary/aromatic N) is 1. The third-order valence-corrected chi connectivity index (χ3v) is 6.49. The summed E-state index contributed by atoms with van der Waals surface area (Å²) in [4.78, 5) is 29.3. The first-order valence-corrected chi connectivity index (χ1v) is 11.2. The van der Waals surface area contributed by atoms with Crippen LogP contribution in [0.25, 0.3) is 10.8 Å². The molecule has 1 aliphatic carbocycles. The molecule has 6 rings (SSSR count). The van der Waals surface area contributed by atoms with Crippen molar-refractivity contribution >= 4 is 33.8 Å². The second-order valence-corrected chi connectivity index (χ2v) is 8.43. The summed E-state index contributed by atoms with van der Waals surface area (Å²) in [5.74, 6) is 0.452. The Bertz CT molecular complexity index is 1410. The van der Waals surface area contributed by atoms with Crippen molar-refractivity contribution in [3.63, 3.8) is 0 Å². The molecule has 2 aliphatic rings. The van der Waals surface area contributed by atoms with Gasteiger partial charge < -0.3 is 9.73 Å². The molecule has 1 aromatic heterocycles. The fourth-order valence-electron chi connectivity index (χ4n) is 5.02. The van der Waals surface area contributed by atoms with E-state index in [-0.39, 0.29) is 11.7 Å². The number of rotatable bonds is 2. The Balaban J connectivity index is 1.63. The molecule has 5 nitrogen and oxygen atoms in total. The maximum atomic E-state index is 14.3. The van der Waals surface area contributed by atoms with Gasteiger partial charge in [-0.15, -0.1) is 0 Å². The van der Waals surface area contributed by atoms with Crippen molar-refractivity contribution in [2.75, 3.05) is 10.2 Å². The fourth-order valence-corrected chi connectivity index (χ4v) is 5.02. The standard InChI is InChI=1S/C28H22N2O3/c31-24-15-6-13-22-26(24)27(25-16-7-17-33-25)30(23-14-4-3-12-21(23)29-22)28(32)20-11-5-9-18-8-1-2-10-19(18)20/h1-5,7-12,14,16-17,27,29H,6,13,15H2. The maximum Gasteiger partial charge on any atom is 0.259 e. The van der Waals surface area contributed by atoms with Crippen LogP contribution in [0, 0.1) is 0 Å². The van der Waals surface area contributed by atoms with Gasteiger partial charge in [-0.1, -0.05) is 48.5 Å². The van der Waals surface area contributed by atoms with Crippen LogP contribution in [0.3, 0.4) is 0 Å². The van der Waals surface area contributed by atoms with Crippen LogP contribution in [0.5, 0.6) is 0 Å². The van der Waals surface area contributed by atoms with Gasteiger partial charge in [-0.05, 0) is 53.9 Å². The molecular formula is C28H22N2O3. The van der Waals surface area contributed by atoms with Gasteiger partial charge >= 0.3 is 0 Å². The first-order valence-electron chi connectivity index (χ1n) is 11.2. The third-order valence-electron chi connectivity index (χ3n) is 6.49. The first kappa shape index (κ1) is 19.6. The molecule has 0 spiro atoms. The van der Waals surface area contributed by atoms with E-state index in [1.807, 2.05) is 72.8 Å². The van der Waals surface area contributed by atoms with E-state index in [0.717, 1.165) is 40.7 Å². The van der Waals surface area contributed by atoms with E-state index in [0.29, 0.717) is 23.3 Å². The number of carbonyl (C=O) groups excluding carboxylic acids is 2. The summed E-state index contributed by atoms with van der Waals surface area (Å²) >= 11 is 0. The Morgan fingerprint density at radius 3 is 2.61 bits per heavy atom. The highest BCUT2D eigenvalue weighted by atomic mass is 16.3. The minimum absolute atomic E-state index is 0.0497. The molecular weight excluding hydrogens is 412 g/mol. The van der Waals surface area contributed by atoms with Gasteiger partial charge in [-0.2, -0.15) is 0 Å². The molecule has 1 N–H and O–H groups in total. The molecule has 162 valence electrons. The quantitative estimate of drug-likeness (QED) is 0.405. The van der Waals surface area contributed by atoms with Crippen molar-refractivity contribution in [3.8, 4) is 0 Å². The number of amides is 1. The van der Waals surface area contributed by atoms with Crippen molar-refractivity contribution < 1.29 is 14.0 Å². The zero-order chi connectivity index (χ0) is 22.4. The summed E-state index contributed by atoms with van der Waals surface area (Å²) in [6, 6.07) is 24.3. The highest BCUT2D eigenvalue weighted by molar-refractivity contribution is 6.17. The largest absolute Gasteiger partial charge is 0.467 e. The summed E-state index contributed by atoms with van der Waals surface area (Å²) in [6.07, 6.45) is 3.59. The first-order chi connectivity index (χ1) is 16.2. The summed E-state index contributed by atoms with van der Waals surface area (Å²) in [7, 11) is 0. The van der Waals surface area contributed by atoms with E-state index in [1.165, 1.54) is 0 Å². The summed E-state index contributed by atoms with van der Waals surface area (Å²) < 4.78 is 5.84. The van der Waals surface area contributed by atoms with E-state index in [4.69, 9.17) is 4.42 Å². The van der Waals surface area contributed by atoms with Gasteiger partial charge in [0.05, 0.1) is 17.6 Å². The number of fused-ring (bicyclic) bond motifs is 2. The number of para-hydroxylation sites is 2. The summed E-state index contributed by atoms with van der Waals surface area (Å²) in [6.45, 7) is 0. The van der Waals surface area contributed by atoms with Gasteiger partial charge in [0.25, 0.3) is 5.91 Å². The van der Waals surface area contributed by atoms with Crippen molar-refractivity contribution in [2.24, 2.45) is 0 Å². The van der Waals surface area contributed by atoms with Crippen LogP contribution < -0.4 is 10.2 Å². The van der Waals surface area contributed by atoms with Crippen LogP contribution in [0.1, 0.15) is 41.4 Å². The lowest BCUT2D eigenvalue weighted by Gasteiger charge is -2.32. The average Bonchev–Trinajstić information content (AvgIpc) is 3.33. The lowest BCUT2D eigenvalue weighted by Crippen LogP contribution is -2.38. The Morgan fingerprint density at radius 1 is 0.909 bits per heavy atom. The molecule has 1 amide bonds. The summed E-state index contributed by atoms with van der Waals surface area (Å²) in [5.41, 5.74) is 3.60. The predicted molar refractivity (Wildman–Crippen MR) is 128 cm³/mol. The van der Waals surface area contributed by atoms with Crippen molar-refractivity contribution in [1.82, 2.24) is 0 Å². The highest BCUT2D eigenvalue weighted by Gasteiger charge is 2.41. The molecule has 33 heavy (non-hydrogen) atoms. The molecule has 1 atom stereocenters. The second kappa shape index (κ2) is 7.78. The average molecular weight is 434 g/mol. The number of anilines is 2. The van der Waals surface area contributed by atoms with Crippen LogP contribution in [0.2, 0.25) is 0 Å². The Kier molecular flexibility index (Phi) is 4.61. The smallest absolute Gasteiger partial charge is 0.259 e. The maximum absolute atomic E-state index is 14.3. The Morgan fingerprint density at radius 2 is 1.73 bits per heavy atom. The SMILES string of the molecule is O=C1CCCC2=C1C(c1ccco1)N(C(=O)c1cccc3ccccc13)c1ccccc1N2. The topological polar surface area (TPSA) is 62.6 Å². The van der Waals surface area contributed by atoms with E-state index >= 15 is 0 Å². The van der Waals surface area contributed by atoms with E-state index in [2.05, 4.69) is 5.32 Å². The Labute approximate surface area is 191 Å². The lowest BCUT2D eigenvalue weighted by atomic mass is 9.87.